The molecule has 0 spiro atoms. The first kappa shape index (κ1) is 12.7. The van der Waals surface area contributed by atoms with Gasteiger partial charge in [0.2, 0.25) is 0 Å². The molecule has 1 aliphatic carbocycles. The third-order valence-electron chi connectivity index (χ3n) is 2.55. The van der Waals surface area contributed by atoms with Crippen LogP contribution in [0.5, 0.6) is 0 Å². The van der Waals surface area contributed by atoms with E-state index in [0.717, 1.165) is 12.5 Å². The monoisotopic (exact) mass is 275 g/mol. The minimum absolute atomic E-state index is 0.275. The second-order valence-electron chi connectivity index (χ2n) is 4.13. The third-order valence-corrected chi connectivity index (χ3v) is 3.14. The first-order chi connectivity index (χ1) is 8.16. The lowest BCUT2D eigenvalue weighted by atomic mass is 10.4. The van der Waals surface area contributed by atoms with Crippen LogP contribution in [-0.4, -0.2) is 24.7 Å². The van der Waals surface area contributed by atoms with Crippen LogP contribution in [0.25, 0.3) is 0 Å². The molecule has 1 aromatic heterocycles. The molecule has 1 aromatic rings. The van der Waals surface area contributed by atoms with E-state index < -0.39 is 0 Å². The molecule has 1 aliphatic rings. The maximum atomic E-state index is 5.97. The maximum absolute atomic E-state index is 5.97. The van der Waals surface area contributed by atoms with Gasteiger partial charge >= 0.3 is 0 Å². The minimum Gasteiger partial charge on any atom is -0.382 e. The van der Waals surface area contributed by atoms with Gasteiger partial charge in [0, 0.05) is 13.2 Å². The summed E-state index contributed by atoms with van der Waals surface area (Å²) in [5.74, 6) is 1.60. The molecule has 0 aliphatic heterocycles. The van der Waals surface area contributed by atoms with E-state index >= 15 is 0 Å². The smallest absolute Gasteiger partial charge is 0.147 e. The Bertz CT molecular complexity index is 397. The predicted octanol–water partition coefficient (Wildman–Crippen LogP) is 2.81. The van der Waals surface area contributed by atoms with Gasteiger partial charge in [-0.1, -0.05) is 23.2 Å². The highest BCUT2D eigenvalue weighted by Gasteiger charge is 2.20. The number of aromatic nitrogens is 1. The highest BCUT2D eigenvalue weighted by atomic mass is 35.5. The molecule has 0 bridgehead atoms. The molecule has 0 aromatic carbocycles. The number of rotatable bonds is 6. The molecule has 6 heteroatoms. The molecule has 3 N–H and O–H groups in total. The van der Waals surface area contributed by atoms with Crippen molar-refractivity contribution in [2.24, 2.45) is 5.92 Å². The van der Waals surface area contributed by atoms with Gasteiger partial charge in [-0.15, -0.1) is 0 Å². The average Bonchev–Trinajstić information content (AvgIpc) is 3.08. The molecule has 0 atom stereocenters. The number of hydrogen-bond donors (Lipinski definition) is 2. The largest absolute Gasteiger partial charge is 0.382 e. The van der Waals surface area contributed by atoms with E-state index in [2.05, 4.69) is 10.3 Å². The fraction of sp³-hybridized carbons (Fsp3) is 0.545. The summed E-state index contributed by atoms with van der Waals surface area (Å²) in [6, 6.07) is 1.58. The molecule has 0 amide bonds. The summed E-state index contributed by atoms with van der Waals surface area (Å²) in [6.07, 6.45) is 2.60. The lowest BCUT2D eigenvalue weighted by Gasteiger charge is -2.09. The molecule has 0 unspecified atom stereocenters. The number of halogens is 2. The Labute approximate surface area is 110 Å². The van der Waals surface area contributed by atoms with Crippen LogP contribution in [0.3, 0.4) is 0 Å². The first-order valence-electron chi connectivity index (χ1n) is 5.60. The molecule has 4 nitrogen and oxygen atoms in total. The zero-order valence-electron chi connectivity index (χ0n) is 9.38. The van der Waals surface area contributed by atoms with Crippen molar-refractivity contribution in [3.05, 3.63) is 16.1 Å². The van der Waals surface area contributed by atoms with Crippen molar-refractivity contribution in [2.45, 2.75) is 12.8 Å². The van der Waals surface area contributed by atoms with Crippen molar-refractivity contribution >= 4 is 34.8 Å². The molecule has 1 saturated carbocycles. The summed E-state index contributed by atoms with van der Waals surface area (Å²) in [7, 11) is 0. The van der Waals surface area contributed by atoms with Crippen molar-refractivity contribution in [2.75, 3.05) is 30.8 Å². The van der Waals surface area contributed by atoms with E-state index in [1.54, 1.807) is 6.07 Å². The summed E-state index contributed by atoms with van der Waals surface area (Å²) in [4.78, 5) is 4.06. The van der Waals surface area contributed by atoms with Crippen LogP contribution in [-0.2, 0) is 4.74 Å². The molecule has 0 radical (unpaired) electrons. The van der Waals surface area contributed by atoms with E-state index in [4.69, 9.17) is 33.7 Å². The topological polar surface area (TPSA) is 60.2 Å². The van der Waals surface area contributed by atoms with E-state index in [1.165, 1.54) is 12.8 Å². The summed E-state index contributed by atoms with van der Waals surface area (Å²) >= 11 is 11.8. The Morgan fingerprint density at radius 1 is 1.41 bits per heavy atom. The highest BCUT2D eigenvalue weighted by Crippen LogP contribution is 2.29. The van der Waals surface area contributed by atoms with Crippen LogP contribution in [0.15, 0.2) is 6.07 Å². The average molecular weight is 276 g/mol. The molecular formula is C11H15Cl2N3O. The van der Waals surface area contributed by atoms with Crippen molar-refractivity contribution in [3.8, 4) is 0 Å². The molecule has 1 fully saturated rings. The number of anilines is 2. The van der Waals surface area contributed by atoms with Gasteiger partial charge in [-0.25, -0.2) is 4.98 Å². The second kappa shape index (κ2) is 5.76. The number of nitrogens with one attached hydrogen (secondary N) is 1. The van der Waals surface area contributed by atoms with Gasteiger partial charge in [0.25, 0.3) is 0 Å². The zero-order valence-corrected chi connectivity index (χ0v) is 10.9. The zero-order chi connectivity index (χ0) is 12.3. The lowest BCUT2D eigenvalue weighted by molar-refractivity contribution is 0.134. The summed E-state index contributed by atoms with van der Waals surface area (Å²) in [5, 5.41) is 3.90. The van der Waals surface area contributed by atoms with Crippen LogP contribution in [0.2, 0.25) is 10.0 Å². The molecule has 2 rings (SSSR count). The number of nitrogens with two attached hydrogens (primary N) is 1. The van der Waals surface area contributed by atoms with Crippen molar-refractivity contribution in [1.82, 2.24) is 4.98 Å². The fourth-order valence-corrected chi connectivity index (χ4v) is 1.81. The van der Waals surface area contributed by atoms with Crippen LogP contribution in [0.1, 0.15) is 12.8 Å². The quantitative estimate of drug-likeness (QED) is 0.784. The highest BCUT2D eigenvalue weighted by molar-refractivity contribution is 6.37. The van der Waals surface area contributed by atoms with E-state index in [0.29, 0.717) is 29.0 Å². The Morgan fingerprint density at radius 2 is 2.18 bits per heavy atom. The van der Waals surface area contributed by atoms with Crippen LogP contribution in [0, 0.1) is 5.92 Å². The van der Waals surface area contributed by atoms with Gasteiger partial charge in [-0.3, -0.25) is 0 Å². The van der Waals surface area contributed by atoms with Gasteiger partial charge in [0.1, 0.15) is 11.6 Å². The van der Waals surface area contributed by atoms with Crippen LogP contribution < -0.4 is 11.1 Å². The Morgan fingerprint density at radius 3 is 2.88 bits per heavy atom. The van der Waals surface area contributed by atoms with Crippen molar-refractivity contribution in [3.63, 3.8) is 0 Å². The summed E-state index contributed by atoms with van der Waals surface area (Å²) in [6.45, 7) is 2.14. The standard InChI is InChI=1S/C11H15Cl2N3O/c12-8-5-9(13)11(16-10(8)14)15-3-4-17-6-7-1-2-7/h5,7H,1-4,6H2,(H3,14,15,16). The molecule has 0 saturated heterocycles. The van der Waals surface area contributed by atoms with Crippen molar-refractivity contribution in [1.29, 1.82) is 0 Å². The van der Waals surface area contributed by atoms with Gasteiger partial charge in [-0.2, -0.15) is 0 Å². The Hall–Kier alpha value is -0.710. The number of hydrogen-bond acceptors (Lipinski definition) is 4. The van der Waals surface area contributed by atoms with Crippen LogP contribution >= 0.6 is 23.2 Å². The van der Waals surface area contributed by atoms with Crippen LogP contribution in [0.4, 0.5) is 11.6 Å². The fourth-order valence-electron chi connectivity index (χ4n) is 1.38. The summed E-state index contributed by atoms with van der Waals surface area (Å²) < 4.78 is 5.48. The number of pyridine rings is 1. The lowest BCUT2D eigenvalue weighted by Crippen LogP contribution is -2.12. The maximum Gasteiger partial charge on any atom is 0.147 e. The molecular weight excluding hydrogens is 261 g/mol. The Balaban J connectivity index is 1.75. The number of ether oxygens (including phenoxy) is 1. The van der Waals surface area contributed by atoms with Crippen molar-refractivity contribution < 1.29 is 4.74 Å². The second-order valence-corrected chi connectivity index (χ2v) is 4.95. The van der Waals surface area contributed by atoms with Gasteiger partial charge in [0.15, 0.2) is 0 Å². The summed E-state index contributed by atoms with van der Waals surface area (Å²) in [5.41, 5.74) is 5.59. The minimum atomic E-state index is 0.275. The molecule has 1 heterocycles. The van der Waals surface area contributed by atoms with Gasteiger partial charge < -0.3 is 15.8 Å². The van der Waals surface area contributed by atoms with E-state index in [1.807, 2.05) is 0 Å². The molecule has 17 heavy (non-hydrogen) atoms. The van der Waals surface area contributed by atoms with Gasteiger partial charge in [-0.05, 0) is 24.8 Å². The SMILES string of the molecule is Nc1nc(NCCOCC2CC2)c(Cl)cc1Cl. The number of nitrogens with zero attached hydrogens (tertiary/aromatic N) is 1. The number of nitrogen functional groups attached to an aromatic ring is 1. The first-order valence-corrected chi connectivity index (χ1v) is 6.35. The Kier molecular flexibility index (Phi) is 4.31. The van der Waals surface area contributed by atoms with E-state index in [9.17, 15) is 0 Å². The molecule has 94 valence electrons. The van der Waals surface area contributed by atoms with E-state index in [-0.39, 0.29) is 5.82 Å². The normalized spacial score (nSPS) is 14.9. The predicted molar refractivity (Wildman–Crippen MR) is 70.7 cm³/mol. The van der Waals surface area contributed by atoms with Gasteiger partial charge in [0.05, 0.1) is 16.7 Å². The third kappa shape index (κ3) is 3.91.